The molecule has 0 atom stereocenters. The smallest absolute Gasteiger partial charge is 0.178 e. The molecule has 1 aromatic heterocycles. The summed E-state index contributed by atoms with van der Waals surface area (Å²) >= 11 is 0. The SMILES string of the molecule is CC1(C)c2ccccc2-c2c1ccc1c2Oc2ccc(-c3ccc(-c4nc(-c5ccc(-c6ccccc6)cc5)cc(-c5ccc(-c6ccccc6)cc5)n4)cc3)cc2O1. The van der Waals surface area contributed by atoms with Crippen molar-refractivity contribution in [3.05, 3.63) is 205 Å². The maximum atomic E-state index is 6.65. The van der Waals surface area contributed by atoms with Crippen molar-refractivity contribution in [3.63, 3.8) is 0 Å². The van der Waals surface area contributed by atoms with Crippen LogP contribution in [0.25, 0.3) is 78.4 Å². The van der Waals surface area contributed by atoms with Gasteiger partial charge in [0, 0.05) is 27.7 Å². The van der Waals surface area contributed by atoms with Crippen LogP contribution in [0.3, 0.4) is 0 Å². The molecule has 2 heterocycles. The lowest BCUT2D eigenvalue weighted by atomic mass is 9.82. The summed E-state index contributed by atoms with van der Waals surface area (Å²) in [5, 5.41) is 0. The van der Waals surface area contributed by atoms with Gasteiger partial charge in [-0.05, 0) is 74.3 Å². The van der Waals surface area contributed by atoms with Gasteiger partial charge in [-0.2, -0.15) is 0 Å². The van der Waals surface area contributed by atoms with Crippen molar-refractivity contribution in [2.45, 2.75) is 19.3 Å². The molecular formula is C55H38N2O2. The molecule has 4 nitrogen and oxygen atoms in total. The average Bonchev–Trinajstić information content (AvgIpc) is 3.54. The lowest BCUT2D eigenvalue weighted by Gasteiger charge is -2.25. The summed E-state index contributed by atoms with van der Waals surface area (Å²) in [5.74, 6) is 3.58. The monoisotopic (exact) mass is 758 g/mol. The van der Waals surface area contributed by atoms with Crippen molar-refractivity contribution in [2.24, 2.45) is 0 Å². The molecule has 0 amide bonds. The fraction of sp³-hybridized carbons (Fsp3) is 0.0545. The number of fused-ring (bicyclic) bond motifs is 6. The first kappa shape index (κ1) is 34.7. The molecule has 280 valence electrons. The topological polar surface area (TPSA) is 44.2 Å². The van der Waals surface area contributed by atoms with Crippen molar-refractivity contribution < 1.29 is 9.47 Å². The van der Waals surface area contributed by atoms with Gasteiger partial charge in [-0.25, -0.2) is 9.97 Å². The second kappa shape index (κ2) is 13.8. The Bertz CT molecular complexity index is 2930. The molecule has 4 heteroatoms. The minimum absolute atomic E-state index is 0.114. The molecule has 0 spiro atoms. The van der Waals surface area contributed by atoms with E-state index >= 15 is 0 Å². The molecule has 0 N–H and O–H groups in total. The van der Waals surface area contributed by atoms with Crippen LogP contribution in [0.5, 0.6) is 23.0 Å². The molecular weight excluding hydrogens is 721 g/mol. The van der Waals surface area contributed by atoms with Gasteiger partial charge in [0.15, 0.2) is 28.8 Å². The summed E-state index contributed by atoms with van der Waals surface area (Å²) in [6.07, 6.45) is 0. The first-order chi connectivity index (χ1) is 29.0. The van der Waals surface area contributed by atoms with Crippen LogP contribution >= 0.6 is 0 Å². The van der Waals surface area contributed by atoms with Crippen LogP contribution in [0.1, 0.15) is 25.0 Å². The zero-order valence-electron chi connectivity index (χ0n) is 32.7. The van der Waals surface area contributed by atoms with Gasteiger partial charge in [0.25, 0.3) is 0 Å². The summed E-state index contributed by atoms with van der Waals surface area (Å²) in [7, 11) is 0. The van der Waals surface area contributed by atoms with E-state index in [0.29, 0.717) is 17.3 Å². The number of aromatic nitrogens is 2. The molecule has 8 aromatic carbocycles. The second-order valence-electron chi connectivity index (χ2n) is 15.8. The fourth-order valence-corrected chi connectivity index (χ4v) is 8.62. The van der Waals surface area contributed by atoms with Gasteiger partial charge in [0.2, 0.25) is 0 Å². The quantitative estimate of drug-likeness (QED) is 0.169. The van der Waals surface area contributed by atoms with E-state index in [2.05, 4.69) is 184 Å². The summed E-state index contributed by atoms with van der Waals surface area (Å²) in [5.41, 5.74) is 16.3. The number of rotatable bonds is 6. The van der Waals surface area contributed by atoms with Crippen molar-refractivity contribution in [1.29, 1.82) is 0 Å². The summed E-state index contributed by atoms with van der Waals surface area (Å²) < 4.78 is 13.2. The van der Waals surface area contributed by atoms with Gasteiger partial charge in [-0.3, -0.25) is 0 Å². The molecule has 11 rings (SSSR count). The number of benzene rings is 8. The van der Waals surface area contributed by atoms with E-state index in [1.54, 1.807) is 0 Å². The van der Waals surface area contributed by atoms with Crippen LogP contribution in [0.2, 0.25) is 0 Å². The minimum Gasteiger partial charge on any atom is -0.449 e. The summed E-state index contributed by atoms with van der Waals surface area (Å²) in [6.45, 7) is 4.55. The molecule has 0 saturated heterocycles. The van der Waals surface area contributed by atoms with Crippen LogP contribution in [0, 0.1) is 0 Å². The largest absolute Gasteiger partial charge is 0.449 e. The van der Waals surface area contributed by atoms with Gasteiger partial charge < -0.3 is 9.47 Å². The summed E-state index contributed by atoms with van der Waals surface area (Å²) in [4.78, 5) is 10.3. The molecule has 59 heavy (non-hydrogen) atoms. The maximum absolute atomic E-state index is 6.65. The van der Waals surface area contributed by atoms with Crippen LogP contribution in [-0.2, 0) is 5.41 Å². The van der Waals surface area contributed by atoms with Gasteiger partial charge in [-0.1, -0.05) is 184 Å². The van der Waals surface area contributed by atoms with E-state index in [9.17, 15) is 0 Å². The Morgan fingerprint density at radius 3 is 1.44 bits per heavy atom. The van der Waals surface area contributed by atoms with Crippen molar-refractivity contribution >= 4 is 0 Å². The zero-order chi connectivity index (χ0) is 39.5. The minimum atomic E-state index is -0.114. The molecule has 0 saturated carbocycles. The maximum Gasteiger partial charge on any atom is 0.178 e. The van der Waals surface area contributed by atoms with Crippen molar-refractivity contribution in [1.82, 2.24) is 9.97 Å². The van der Waals surface area contributed by atoms with E-state index in [-0.39, 0.29) is 5.41 Å². The number of hydrogen-bond donors (Lipinski definition) is 0. The predicted molar refractivity (Wildman–Crippen MR) is 239 cm³/mol. The predicted octanol–water partition coefficient (Wildman–Crippen LogP) is 14.7. The van der Waals surface area contributed by atoms with Crippen LogP contribution in [-0.4, -0.2) is 9.97 Å². The van der Waals surface area contributed by atoms with Gasteiger partial charge in [-0.15, -0.1) is 0 Å². The molecule has 0 fully saturated rings. The van der Waals surface area contributed by atoms with E-state index < -0.39 is 0 Å². The lowest BCUT2D eigenvalue weighted by Crippen LogP contribution is -2.15. The van der Waals surface area contributed by atoms with Crippen molar-refractivity contribution in [3.8, 4) is 101 Å². The van der Waals surface area contributed by atoms with Crippen LogP contribution in [0.4, 0.5) is 0 Å². The summed E-state index contributed by atoms with van der Waals surface area (Å²) in [6, 6.07) is 67.7. The molecule has 1 aliphatic heterocycles. The Hall–Kier alpha value is -7.56. The molecule has 2 aliphatic rings. The highest BCUT2D eigenvalue weighted by Crippen LogP contribution is 2.58. The Morgan fingerprint density at radius 2 is 0.831 bits per heavy atom. The normalized spacial score (nSPS) is 13.0. The van der Waals surface area contributed by atoms with Crippen LogP contribution < -0.4 is 9.47 Å². The standard InChI is InChI=1S/C55H38N2O2/c1-55(2)45-16-10-9-15-44(45)52-46(55)30-32-50-53(52)59-49-31-29-43(33-51(49)58-50)39-21-27-42(28-22-39)54-56-47(40-23-17-37(18-24-40)35-11-5-3-6-12-35)34-48(57-54)41-25-19-38(20-26-41)36-13-7-4-8-14-36/h3-34H,1-2H3. The molecule has 0 bridgehead atoms. The Kier molecular flexibility index (Phi) is 8.12. The molecule has 9 aromatic rings. The lowest BCUT2D eigenvalue weighted by molar-refractivity contribution is 0.360. The van der Waals surface area contributed by atoms with Gasteiger partial charge in [0.05, 0.1) is 11.4 Å². The van der Waals surface area contributed by atoms with E-state index in [1.165, 1.54) is 27.8 Å². The van der Waals surface area contributed by atoms with E-state index in [4.69, 9.17) is 19.4 Å². The molecule has 0 unspecified atom stereocenters. The van der Waals surface area contributed by atoms with E-state index in [0.717, 1.165) is 67.4 Å². The van der Waals surface area contributed by atoms with Crippen molar-refractivity contribution in [2.75, 3.05) is 0 Å². The highest BCUT2D eigenvalue weighted by atomic mass is 16.6. The number of nitrogens with zero attached hydrogens (tertiary/aromatic N) is 2. The van der Waals surface area contributed by atoms with E-state index in [1.807, 2.05) is 24.3 Å². The Morgan fingerprint density at radius 1 is 0.356 bits per heavy atom. The fourth-order valence-electron chi connectivity index (χ4n) is 8.62. The third-order valence-electron chi connectivity index (χ3n) is 11.8. The molecule has 1 aliphatic carbocycles. The van der Waals surface area contributed by atoms with Gasteiger partial charge >= 0.3 is 0 Å². The Balaban J connectivity index is 0.916. The average molecular weight is 759 g/mol. The zero-order valence-corrected chi connectivity index (χ0v) is 32.7. The number of ether oxygens (including phenoxy) is 2. The number of hydrogen-bond acceptors (Lipinski definition) is 4. The third kappa shape index (κ3) is 6.09. The Labute approximate surface area is 344 Å². The third-order valence-corrected chi connectivity index (χ3v) is 11.8. The highest BCUT2D eigenvalue weighted by molar-refractivity contribution is 5.88. The first-order valence-electron chi connectivity index (χ1n) is 20.0. The van der Waals surface area contributed by atoms with Gasteiger partial charge in [0.1, 0.15) is 0 Å². The highest BCUT2D eigenvalue weighted by Gasteiger charge is 2.39. The molecule has 0 radical (unpaired) electrons. The van der Waals surface area contributed by atoms with Crippen LogP contribution in [0.15, 0.2) is 194 Å². The second-order valence-corrected chi connectivity index (χ2v) is 15.8. The first-order valence-corrected chi connectivity index (χ1v) is 20.0.